The van der Waals surface area contributed by atoms with E-state index in [1.165, 1.54) is 0 Å². The van der Waals surface area contributed by atoms with E-state index in [9.17, 15) is 4.79 Å². The predicted molar refractivity (Wildman–Crippen MR) is 111 cm³/mol. The third-order valence-corrected chi connectivity index (χ3v) is 5.98. The molecule has 1 fully saturated rings. The number of aryl methyl sites for hydroxylation is 1. The molecule has 0 saturated carbocycles. The van der Waals surface area contributed by atoms with Crippen molar-refractivity contribution in [1.29, 1.82) is 0 Å². The predicted octanol–water partition coefficient (Wildman–Crippen LogP) is 3.40. The number of nitrogens with zero attached hydrogens (tertiary/aromatic N) is 4. The molecule has 1 saturated heterocycles. The first-order valence-corrected chi connectivity index (χ1v) is 10.4. The summed E-state index contributed by atoms with van der Waals surface area (Å²) in [6.45, 7) is 2.78. The number of hydrogen-bond donors (Lipinski definition) is 2. The quantitative estimate of drug-likeness (QED) is 0.558. The van der Waals surface area contributed by atoms with E-state index in [2.05, 4.69) is 28.3 Å². The third kappa shape index (κ3) is 2.90. The molecule has 1 aliphatic heterocycles. The summed E-state index contributed by atoms with van der Waals surface area (Å²) in [5.74, 6) is 1.22. The van der Waals surface area contributed by atoms with E-state index in [-0.39, 0.29) is 11.9 Å². The van der Waals surface area contributed by atoms with Gasteiger partial charge < -0.3 is 10.6 Å². The molecule has 4 aromatic rings. The van der Waals surface area contributed by atoms with Crippen molar-refractivity contribution < 1.29 is 4.79 Å². The third-order valence-electron chi connectivity index (χ3n) is 5.11. The molecule has 5 rings (SSSR count). The molecule has 28 heavy (non-hydrogen) atoms. The number of thiophene rings is 1. The fraction of sp³-hybridized carbons (Fsp3) is 0.300. The lowest BCUT2D eigenvalue weighted by molar-refractivity contribution is -0.121. The Morgan fingerprint density at radius 1 is 1.21 bits per heavy atom. The van der Waals surface area contributed by atoms with E-state index in [1.54, 1.807) is 15.9 Å². The molecule has 0 bridgehead atoms. The Bertz CT molecular complexity index is 1180. The standard InChI is InChI=1S/C20H20N6OS/c1-12-10-28-11-14(12)17-24-18-13-6-2-3-7-15(13)22-20(26(18)25-17)23-16-8-4-5-9-21-19(16)27/h2-3,6-7,10-11,16H,4-5,8-9H2,1H3,(H,21,27)(H,22,23)/t16-/m1/s1. The van der Waals surface area contributed by atoms with Crippen molar-refractivity contribution in [2.75, 3.05) is 11.9 Å². The largest absolute Gasteiger partial charge is 0.354 e. The fourth-order valence-corrected chi connectivity index (χ4v) is 4.41. The van der Waals surface area contributed by atoms with Crippen LogP contribution in [-0.2, 0) is 4.79 Å². The van der Waals surface area contributed by atoms with Crippen molar-refractivity contribution in [3.63, 3.8) is 0 Å². The van der Waals surface area contributed by atoms with Crippen LogP contribution in [-0.4, -0.2) is 38.1 Å². The number of aromatic nitrogens is 4. The minimum absolute atomic E-state index is 0.00891. The highest BCUT2D eigenvalue weighted by molar-refractivity contribution is 7.08. The second kappa shape index (κ2) is 6.87. The minimum Gasteiger partial charge on any atom is -0.354 e. The first-order chi connectivity index (χ1) is 13.7. The Hall–Kier alpha value is -3.00. The van der Waals surface area contributed by atoms with Crippen LogP contribution in [0.25, 0.3) is 27.9 Å². The Labute approximate surface area is 165 Å². The molecule has 8 heteroatoms. The summed E-state index contributed by atoms with van der Waals surface area (Å²) >= 11 is 1.64. The van der Waals surface area contributed by atoms with Crippen molar-refractivity contribution in [2.24, 2.45) is 0 Å². The molecule has 1 atom stereocenters. The molecule has 2 N–H and O–H groups in total. The number of para-hydroxylation sites is 1. The maximum atomic E-state index is 12.4. The van der Waals surface area contributed by atoms with E-state index < -0.39 is 0 Å². The molecule has 7 nitrogen and oxygen atoms in total. The molecular weight excluding hydrogens is 372 g/mol. The van der Waals surface area contributed by atoms with E-state index in [0.29, 0.717) is 11.8 Å². The molecule has 0 unspecified atom stereocenters. The second-order valence-corrected chi connectivity index (χ2v) is 7.82. The van der Waals surface area contributed by atoms with Crippen LogP contribution < -0.4 is 10.6 Å². The number of nitrogens with one attached hydrogen (secondary N) is 2. The molecule has 4 heterocycles. The lowest BCUT2D eigenvalue weighted by Gasteiger charge is -2.16. The number of fused-ring (bicyclic) bond motifs is 3. The summed E-state index contributed by atoms with van der Waals surface area (Å²) in [5, 5.41) is 16.1. The molecular formula is C20H20N6OS. The summed E-state index contributed by atoms with van der Waals surface area (Å²) in [6.07, 6.45) is 2.76. The molecule has 0 aliphatic carbocycles. The SMILES string of the molecule is Cc1cscc1-c1nc2c3ccccc3nc(N[C@@H]3CCCCNC3=O)n2n1. The van der Waals surface area contributed by atoms with Crippen LogP contribution in [0.5, 0.6) is 0 Å². The van der Waals surface area contributed by atoms with Crippen LogP contribution in [0.2, 0.25) is 0 Å². The zero-order valence-electron chi connectivity index (χ0n) is 15.5. The number of benzene rings is 1. The van der Waals surface area contributed by atoms with Gasteiger partial charge in [0, 0.05) is 22.9 Å². The van der Waals surface area contributed by atoms with Gasteiger partial charge in [-0.15, -0.1) is 5.10 Å². The number of carbonyl (C=O) groups is 1. The van der Waals surface area contributed by atoms with Crippen molar-refractivity contribution in [2.45, 2.75) is 32.2 Å². The van der Waals surface area contributed by atoms with E-state index in [0.717, 1.165) is 53.5 Å². The highest BCUT2D eigenvalue weighted by Crippen LogP contribution is 2.28. The highest BCUT2D eigenvalue weighted by Gasteiger charge is 2.23. The van der Waals surface area contributed by atoms with Crippen LogP contribution >= 0.6 is 11.3 Å². The van der Waals surface area contributed by atoms with Gasteiger partial charge in [0.25, 0.3) is 0 Å². The van der Waals surface area contributed by atoms with Crippen LogP contribution in [0.3, 0.4) is 0 Å². The number of hydrogen-bond acceptors (Lipinski definition) is 6. The minimum atomic E-state index is -0.324. The fourth-order valence-electron chi connectivity index (χ4n) is 3.59. The lowest BCUT2D eigenvalue weighted by atomic mass is 10.1. The summed E-state index contributed by atoms with van der Waals surface area (Å²) in [6, 6.07) is 7.56. The van der Waals surface area contributed by atoms with E-state index in [4.69, 9.17) is 15.1 Å². The lowest BCUT2D eigenvalue weighted by Crippen LogP contribution is -2.38. The first kappa shape index (κ1) is 17.1. The van der Waals surface area contributed by atoms with Crippen LogP contribution in [0.4, 0.5) is 5.95 Å². The van der Waals surface area contributed by atoms with Crippen LogP contribution in [0.1, 0.15) is 24.8 Å². The van der Waals surface area contributed by atoms with Gasteiger partial charge in [-0.1, -0.05) is 12.1 Å². The average Bonchev–Trinajstić information content (AvgIpc) is 3.27. The normalized spacial score (nSPS) is 17.6. The first-order valence-electron chi connectivity index (χ1n) is 9.43. The molecule has 0 radical (unpaired) electrons. The maximum Gasteiger partial charge on any atom is 0.242 e. The zero-order valence-corrected chi connectivity index (χ0v) is 16.3. The van der Waals surface area contributed by atoms with E-state index in [1.807, 2.05) is 24.3 Å². The monoisotopic (exact) mass is 392 g/mol. The summed E-state index contributed by atoms with van der Waals surface area (Å²) in [4.78, 5) is 22.0. The van der Waals surface area contributed by atoms with Crippen molar-refractivity contribution in [3.8, 4) is 11.4 Å². The van der Waals surface area contributed by atoms with Crippen molar-refractivity contribution in [3.05, 3.63) is 40.6 Å². The van der Waals surface area contributed by atoms with Gasteiger partial charge in [0.05, 0.1) is 5.52 Å². The smallest absolute Gasteiger partial charge is 0.242 e. The topological polar surface area (TPSA) is 84.2 Å². The molecule has 1 aromatic carbocycles. The van der Waals surface area contributed by atoms with Crippen LogP contribution in [0.15, 0.2) is 35.0 Å². The highest BCUT2D eigenvalue weighted by atomic mass is 32.1. The van der Waals surface area contributed by atoms with Gasteiger partial charge in [-0.3, -0.25) is 4.79 Å². The molecule has 1 amide bonds. The Kier molecular flexibility index (Phi) is 4.20. The average molecular weight is 392 g/mol. The number of anilines is 1. The summed E-state index contributed by atoms with van der Waals surface area (Å²) < 4.78 is 1.73. The van der Waals surface area contributed by atoms with Gasteiger partial charge >= 0.3 is 0 Å². The van der Waals surface area contributed by atoms with Crippen molar-refractivity contribution in [1.82, 2.24) is 24.9 Å². The number of carbonyl (C=O) groups excluding carboxylic acids is 1. The van der Waals surface area contributed by atoms with Gasteiger partial charge in [0.2, 0.25) is 11.9 Å². The van der Waals surface area contributed by atoms with Gasteiger partial charge in [-0.05, 0) is 49.3 Å². The van der Waals surface area contributed by atoms with Gasteiger partial charge in [-0.2, -0.15) is 15.9 Å². The molecule has 142 valence electrons. The van der Waals surface area contributed by atoms with Crippen LogP contribution in [0, 0.1) is 6.92 Å². The Morgan fingerprint density at radius 3 is 2.96 bits per heavy atom. The van der Waals surface area contributed by atoms with E-state index >= 15 is 0 Å². The summed E-state index contributed by atoms with van der Waals surface area (Å²) in [7, 11) is 0. The Morgan fingerprint density at radius 2 is 2.11 bits per heavy atom. The van der Waals surface area contributed by atoms with Gasteiger partial charge in [0.15, 0.2) is 11.5 Å². The van der Waals surface area contributed by atoms with Gasteiger partial charge in [-0.25, -0.2) is 9.97 Å². The zero-order chi connectivity index (χ0) is 19.1. The second-order valence-electron chi connectivity index (χ2n) is 7.08. The maximum absolute atomic E-state index is 12.4. The Balaban J connectivity index is 1.67. The van der Waals surface area contributed by atoms with Crippen molar-refractivity contribution >= 4 is 39.7 Å². The molecule has 1 aliphatic rings. The number of amides is 1. The van der Waals surface area contributed by atoms with Gasteiger partial charge in [0.1, 0.15) is 6.04 Å². The molecule has 0 spiro atoms. The summed E-state index contributed by atoms with van der Waals surface area (Å²) in [5.41, 5.74) is 3.74. The molecule has 3 aromatic heterocycles. The number of rotatable bonds is 3.